The van der Waals surface area contributed by atoms with Crippen molar-refractivity contribution in [3.63, 3.8) is 0 Å². The largest absolute Gasteiger partial charge is 0.372 e. The molecule has 130 valence electrons. The Balaban J connectivity index is 2.46. The summed E-state index contributed by atoms with van der Waals surface area (Å²) in [5, 5.41) is 5.10. The minimum atomic E-state index is -3.99. The monoisotopic (exact) mass is 382 g/mol. The quantitative estimate of drug-likeness (QED) is 0.539. The van der Waals surface area contributed by atoms with Crippen molar-refractivity contribution in [3.8, 4) is 0 Å². The Bertz CT molecular complexity index is 784. The van der Waals surface area contributed by atoms with Crippen molar-refractivity contribution in [2.45, 2.75) is 34.3 Å². The van der Waals surface area contributed by atoms with Gasteiger partial charge in [0.25, 0.3) is 10.0 Å². The van der Waals surface area contributed by atoms with Crippen molar-refractivity contribution in [1.82, 2.24) is 4.31 Å². The zero-order valence-corrected chi connectivity index (χ0v) is 14.9. The highest BCUT2D eigenvalue weighted by Crippen LogP contribution is 2.41. The number of primary sulfonamides is 1. The highest BCUT2D eigenvalue weighted by Gasteiger charge is 2.40. The van der Waals surface area contributed by atoms with Crippen molar-refractivity contribution >= 4 is 37.7 Å². The second kappa shape index (κ2) is 6.95. The van der Waals surface area contributed by atoms with E-state index in [0.29, 0.717) is 29.9 Å². The molecule has 11 heteroatoms. The second-order valence-corrected chi connectivity index (χ2v) is 9.94. The Hall–Kier alpha value is -0.850. The van der Waals surface area contributed by atoms with E-state index in [2.05, 4.69) is 0 Å². The molecule has 23 heavy (non-hydrogen) atoms. The Morgan fingerprint density at radius 3 is 2.78 bits per heavy atom. The van der Waals surface area contributed by atoms with Gasteiger partial charge >= 0.3 is 0 Å². The Morgan fingerprint density at radius 1 is 1.52 bits per heavy atom. The first-order valence-electron chi connectivity index (χ1n) is 6.93. The number of fused-ring (bicyclic) bond motifs is 1. The van der Waals surface area contributed by atoms with Crippen LogP contribution in [-0.2, 0) is 29.6 Å². The third-order valence-electron chi connectivity index (χ3n) is 3.37. The number of nitrogens with zero attached hydrogens (tertiary/aromatic N) is 1. The molecule has 0 aromatic carbocycles. The predicted octanol–water partition coefficient (Wildman–Crippen LogP) is 0.457. The molecule has 1 aromatic heterocycles. The van der Waals surface area contributed by atoms with Gasteiger partial charge < -0.3 is 9.53 Å². The number of hydrogen-bond acceptors (Lipinski definition) is 7. The third-order valence-corrected chi connectivity index (χ3v) is 8.33. The van der Waals surface area contributed by atoms with Gasteiger partial charge in [-0.05, 0) is 19.4 Å². The van der Waals surface area contributed by atoms with Gasteiger partial charge in [0, 0.05) is 31.7 Å². The number of sulfonamides is 2. The summed E-state index contributed by atoms with van der Waals surface area (Å²) in [5.41, 5.74) is 0.326. The van der Waals surface area contributed by atoms with Crippen LogP contribution in [0.1, 0.15) is 31.4 Å². The first-order valence-corrected chi connectivity index (χ1v) is 10.7. The lowest BCUT2D eigenvalue weighted by Crippen LogP contribution is -2.40. The summed E-state index contributed by atoms with van der Waals surface area (Å²) in [7, 11) is -7.81. The molecule has 0 unspecified atom stereocenters. The van der Waals surface area contributed by atoms with E-state index in [9.17, 15) is 21.6 Å². The zero-order valence-electron chi connectivity index (χ0n) is 12.5. The van der Waals surface area contributed by atoms with E-state index in [4.69, 9.17) is 9.88 Å². The van der Waals surface area contributed by atoms with Crippen LogP contribution in [-0.4, -0.2) is 47.1 Å². The highest BCUT2D eigenvalue weighted by molar-refractivity contribution is 7.94. The van der Waals surface area contributed by atoms with E-state index in [-0.39, 0.29) is 27.9 Å². The third kappa shape index (κ3) is 3.80. The summed E-state index contributed by atoms with van der Waals surface area (Å²) in [5.74, 6) is 0. The number of rotatable bonds is 7. The van der Waals surface area contributed by atoms with Gasteiger partial charge in [0.2, 0.25) is 10.0 Å². The fourth-order valence-electron chi connectivity index (χ4n) is 2.34. The molecule has 0 radical (unpaired) electrons. The normalized spacial score (nSPS) is 21.0. The molecule has 2 rings (SSSR count). The van der Waals surface area contributed by atoms with Gasteiger partial charge in [-0.15, -0.1) is 11.3 Å². The number of hydrogen-bond donors (Lipinski definition) is 1. The van der Waals surface area contributed by atoms with Crippen LogP contribution >= 0.6 is 11.3 Å². The molecule has 0 aliphatic carbocycles. The van der Waals surface area contributed by atoms with Gasteiger partial charge in [0.15, 0.2) is 0 Å². The maximum absolute atomic E-state index is 12.6. The van der Waals surface area contributed by atoms with Crippen LogP contribution in [0, 0.1) is 0 Å². The van der Waals surface area contributed by atoms with Crippen LogP contribution in [0.25, 0.3) is 0 Å². The fraction of sp³-hybridized carbons (Fsp3) is 0.583. The number of aldehydes is 1. The molecule has 0 saturated carbocycles. The summed E-state index contributed by atoms with van der Waals surface area (Å²) < 4.78 is 54.9. The van der Waals surface area contributed by atoms with Gasteiger partial charge in [-0.25, -0.2) is 22.0 Å². The molecule has 0 amide bonds. The molecule has 1 aliphatic rings. The number of unbranched alkanes of at least 4 members (excludes halogenated alkanes) is 1. The predicted molar refractivity (Wildman–Crippen MR) is 84.1 cm³/mol. The van der Waals surface area contributed by atoms with Crippen molar-refractivity contribution in [2.24, 2.45) is 5.14 Å². The minimum Gasteiger partial charge on any atom is -0.372 e. The van der Waals surface area contributed by atoms with Crippen LogP contribution in [0.4, 0.5) is 0 Å². The number of nitrogens with two attached hydrogens (primary N) is 1. The maximum atomic E-state index is 12.6. The summed E-state index contributed by atoms with van der Waals surface area (Å²) in [6.45, 7) is 2.38. The SMILES string of the molecule is CCO[C@H]1CN(CCCC=O)S(=O)(=O)c2sc(S(N)(=O)=O)cc21. The average molecular weight is 382 g/mol. The smallest absolute Gasteiger partial charge is 0.253 e. The van der Waals surface area contributed by atoms with Gasteiger partial charge in [-0.3, -0.25) is 0 Å². The molecule has 2 heterocycles. The lowest BCUT2D eigenvalue weighted by molar-refractivity contribution is -0.107. The van der Waals surface area contributed by atoms with Gasteiger partial charge in [-0.1, -0.05) is 0 Å². The number of carbonyl (C=O) groups excluding carboxylic acids is 1. The molecular formula is C12H18N2O6S3. The van der Waals surface area contributed by atoms with E-state index in [1.807, 2.05) is 0 Å². The summed E-state index contributed by atoms with van der Waals surface area (Å²) in [4.78, 5) is 10.4. The van der Waals surface area contributed by atoms with Gasteiger partial charge in [-0.2, -0.15) is 4.31 Å². The van der Waals surface area contributed by atoms with Crippen molar-refractivity contribution in [3.05, 3.63) is 11.6 Å². The second-order valence-electron chi connectivity index (χ2n) is 4.97. The molecule has 0 saturated heterocycles. The first kappa shape index (κ1) is 18.5. The lowest BCUT2D eigenvalue weighted by atomic mass is 10.2. The molecule has 0 bridgehead atoms. The van der Waals surface area contributed by atoms with Crippen LogP contribution in [0.15, 0.2) is 14.5 Å². The van der Waals surface area contributed by atoms with Crippen LogP contribution < -0.4 is 5.14 Å². The minimum absolute atomic E-state index is 0.0580. The van der Waals surface area contributed by atoms with E-state index in [0.717, 1.165) is 6.29 Å². The lowest BCUT2D eigenvalue weighted by Gasteiger charge is -2.31. The van der Waals surface area contributed by atoms with Crippen LogP contribution in [0.3, 0.4) is 0 Å². The molecule has 2 N–H and O–H groups in total. The van der Waals surface area contributed by atoms with Gasteiger partial charge in [0.1, 0.15) is 14.7 Å². The molecule has 1 aliphatic heterocycles. The van der Waals surface area contributed by atoms with Crippen molar-refractivity contribution in [2.75, 3.05) is 19.7 Å². The van der Waals surface area contributed by atoms with Crippen molar-refractivity contribution in [1.29, 1.82) is 0 Å². The molecular weight excluding hydrogens is 364 g/mol. The molecule has 1 aromatic rings. The number of ether oxygens (including phenoxy) is 1. The van der Waals surface area contributed by atoms with Crippen LogP contribution in [0.5, 0.6) is 0 Å². The molecule has 0 spiro atoms. The Kier molecular flexibility index (Phi) is 5.59. The standard InChI is InChI=1S/C12H18N2O6S3/c1-2-20-10-8-14(5-3-4-6-15)23(18,19)12-9(10)7-11(21-12)22(13,16)17/h6-7,10H,2-5,8H2,1H3,(H2,13,16,17)/t10-/m0/s1. The van der Waals surface area contributed by atoms with E-state index >= 15 is 0 Å². The maximum Gasteiger partial charge on any atom is 0.253 e. The Labute approximate surface area is 139 Å². The van der Waals surface area contributed by atoms with Crippen molar-refractivity contribution < 1.29 is 26.4 Å². The number of thiophene rings is 1. The Morgan fingerprint density at radius 2 is 2.22 bits per heavy atom. The summed E-state index contributed by atoms with van der Waals surface area (Å²) in [6, 6.07) is 1.27. The topological polar surface area (TPSA) is 124 Å². The average Bonchev–Trinajstić information content (AvgIpc) is 2.90. The molecule has 1 atom stereocenters. The first-order chi connectivity index (χ1) is 10.7. The molecule has 0 fully saturated rings. The van der Waals surface area contributed by atoms with Crippen LogP contribution in [0.2, 0.25) is 0 Å². The molecule has 8 nitrogen and oxygen atoms in total. The summed E-state index contributed by atoms with van der Waals surface area (Å²) in [6.07, 6.45) is 0.822. The summed E-state index contributed by atoms with van der Waals surface area (Å²) >= 11 is 0.630. The van der Waals surface area contributed by atoms with E-state index in [1.165, 1.54) is 10.4 Å². The number of carbonyl (C=O) groups is 1. The van der Waals surface area contributed by atoms with Gasteiger partial charge in [0.05, 0.1) is 6.10 Å². The van der Waals surface area contributed by atoms with E-state index in [1.54, 1.807) is 6.92 Å². The highest BCUT2D eigenvalue weighted by atomic mass is 32.3. The van der Waals surface area contributed by atoms with E-state index < -0.39 is 26.2 Å². The fourth-order valence-corrected chi connectivity index (χ4v) is 6.61. The zero-order chi connectivity index (χ0) is 17.3.